The summed E-state index contributed by atoms with van der Waals surface area (Å²) in [5, 5.41) is 16.1. The molecule has 1 saturated heterocycles. The van der Waals surface area contributed by atoms with Gasteiger partial charge in [0, 0.05) is 56.6 Å². The van der Waals surface area contributed by atoms with Gasteiger partial charge in [0.2, 0.25) is 11.8 Å². The standard InChI is InChI=1S/C33H48N8O4/c1-4-41-27(16-17-34-41)30(42)37-29(24-8-6-5-7-9-24)31(43)35-25-12-10-23(11-13-25)22(2)28(38-33(45)36-26-14-15-26)32(44)40-20-18-39(3)19-21-40/h10-13,16-17,22,24,26,28-29H,4-9,14-15,18-21H2,1-3H3,(H,35,43)(H,37,42)(H2,36,38,45). The fourth-order valence-electron chi connectivity index (χ4n) is 6.36. The lowest BCUT2D eigenvalue weighted by molar-refractivity contribution is -0.135. The van der Waals surface area contributed by atoms with E-state index in [2.05, 4.69) is 31.3 Å². The summed E-state index contributed by atoms with van der Waals surface area (Å²) in [6.45, 7) is 7.25. The molecule has 3 unspecified atom stereocenters. The lowest BCUT2D eigenvalue weighted by atomic mass is 9.83. The number of benzene rings is 1. The van der Waals surface area contributed by atoms with Crippen molar-refractivity contribution in [2.24, 2.45) is 5.92 Å². The normalized spacial score (nSPS) is 19.7. The molecule has 2 heterocycles. The van der Waals surface area contributed by atoms with Crippen LogP contribution in [0.25, 0.3) is 0 Å². The number of rotatable bonds is 11. The van der Waals surface area contributed by atoms with Crippen LogP contribution in [-0.2, 0) is 16.1 Å². The number of aryl methyl sites for hydroxylation is 1. The minimum absolute atomic E-state index is 0.0502. The smallest absolute Gasteiger partial charge is 0.315 e. The van der Waals surface area contributed by atoms with E-state index in [1.807, 2.05) is 50.1 Å². The summed E-state index contributed by atoms with van der Waals surface area (Å²) >= 11 is 0. The molecule has 1 aromatic heterocycles. The Morgan fingerprint density at radius 1 is 0.911 bits per heavy atom. The van der Waals surface area contributed by atoms with E-state index in [0.29, 0.717) is 31.0 Å². The first-order valence-electron chi connectivity index (χ1n) is 16.5. The lowest BCUT2D eigenvalue weighted by Gasteiger charge is -2.36. The van der Waals surface area contributed by atoms with Crippen LogP contribution in [0.1, 0.15) is 80.8 Å². The first-order chi connectivity index (χ1) is 21.7. The monoisotopic (exact) mass is 620 g/mol. The lowest BCUT2D eigenvalue weighted by Crippen LogP contribution is -2.57. The van der Waals surface area contributed by atoms with E-state index in [-0.39, 0.29) is 41.6 Å². The van der Waals surface area contributed by atoms with Crippen molar-refractivity contribution in [3.63, 3.8) is 0 Å². The number of anilines is 1. The van der Waals surface area contributed by atoms with Gasteiger partial charge in [-0.05, 0) is 69.3 Å². The van der Waals surface area contributed by atoms with Crippen LogP contribution >= 0.6 is 0 Å². The van der Waals surface area contributed by atoms with E-state index in [4.69, 9.17) is 0 Å². The van der Waals surface area contributed by atoms with Crippen LogP contribution in [0.5, 0.6) is 0 Å². The predicted octanol–water partition coefficient (Wildman–Crippen LogP) is 2.93. The molecule has 5 rings (SSSR count). The number of urea groups is 1. The van der Waals surface area contributed by atoms with E-state index in [1.165, 1.54) is 0 Å². The number of piperazine rings is 1. The van der Waals surface area contributed by atoms with Gasteiger partial charge < -0.3 is 31.1 Å². The number of likely N-dealkylation sites (N-methyl/N-ethyl adjacent to an activating group) is 1. The highest BCUT2D eigenvalue weighted by atomic mass is 16.2. The summed E-state index contributed by atoms with van der Waals surface area (Å²) < 4.78 is 1.62. The second-order valence-electron chi connectivity index (χ2n) is 12.8. The first-order valence-corrected chi connectivity index (χ1v) is 16.5. The van der Waals surface area contributed by atoms with Crippen LogP contribution in [0.2, 0.25) is 0 Å². The Hall–Kier alpha value is -3.93. The number of amides is 5. The average Bonchev–Trinajstić information content (AvgIpc) is 3.73. The molecule has 12 nitrogen and oxygen atoms in total. The van der Waals surface area contributed by atoms with Crippen LogP contribution in [0, 0.1) is 5.92 Å². The molecule has 2 aliphatic carbocycles. The fourth-order valence-corrected chi connectivity index (χ4v) is 6.36. The van der Waals surface area contributed by atoms with Gasteiger partial charge in [0.1, 0.15) is 17.8 Å². The molecule has 1 aliphatic heterocycles. The van der Waals surface area contributed by atoms with Crippen molar-refractivity contribution >= 4 is 29.4 Å². The maximum Gasteiger partial charge on any atom is 0.315 e. The summed E-state index contributed by atoms with van der Waals surface area (Å²) in [5.41, 5.74) is 1.91. The maximum atomic E-state index is 13.7. The SMILES string of the molecule is CCn1nccc1C(=O)NC(C(=O)Nc1ccc(C(C)C(NC(=O)NC2CC2)C(=O)N2CCN(C)CC2)cc1)C1CCCCC1. The Morgan fingerprint density at radius 3 is 2.24 bits per heavy atom. The molecular formula is C33H48N8O4. The quantitative estimate of drug-likeness (QED) is 0.305. The van der Waals surface area contributed by atoms with E-state index >= 15 is 0 Å². The van der Waals surface area contributed by atoms with Crippen molar-refractivity contribution in [1.29, 1.82) is 0 Å². The van der Waals surface area contributed by atoms with Gasteiger partial charge in [0.15, 0.2) is 0 Å². The van der Waals surface area contributed by atoms with Gasteiger partial charge in [-0.1, -0.05) is 38.3 Å². The first kappa shape index (κ1) is 32.5. The number of nitrogens with one attached hydrogen (secondary N) is 4. The third kappa shape index (κ3) is 8.42. The Kier molecular flexibility index (Phi) is 10.7. The molecule has 3 atom stereocenters. The number of carbonyl (C=O) groups is 4. The van der Waals surface area contributed by atoms with E-state index in [0.717, 1.165) is 63.6 Å². The zero-order valence-corrected chi connectivity index (χ0v) is 26.8. The van der Waals surface area contributed by atoms with Crippen LogP contribution < -0.4 is 21.3 Å². The van der Waals surface area contributed by atoms with Crippen molar-refractivity contribution in [3.8, 4) is 0 Å². The highest BCUT2D eigenvalue weighted by molar-refractivity contribution is 6.00. The summed E-state index contributed by atoms with van der Waals surface area (Å²) in [7, 11) is 2.04. The summed E-state index contributed by atoms with van der Waals surface area (Å²) in [5.74, 6) is -0.896. The van der Waals surface area contributed by atoms with Crippen molar-refractivity contribution < 1.29 is 19.2 Å². The number of hydrogen-bond donors (Lipinski definition) is 4. The molecule has 2 saturated carbocycles. The third-order valence-electron chi connectivity index (χ3n) is 9.42. The van der Waals surface area contributed by atoms with Gasteiger partial charge in [0.25, 0.3) is 5.91 Å². The molecule has 2 aromatic rings. The highest BCUT2D eigenvalue weighted by Gasteiger charge is 2.35. The molecule has 0 spiro atoms. The second kappa shape index (κ2) is 14.9. The second-order valence-corrected chi connectivity index (χ2v) is 12.8. The van der Waals surface area contributed by atoms with Gasteiger partial charge in [-0.25, -0.2) is 4.79 Å². The van der Waals surface area contributed by atoms with Gasteiger partial charge in [-0.15, -0.1) is 0 Å². The van der Waals surface area contributed by atoms with Crippen molar-refractivity contribution in [1.82, 2.24) is 35.5 Å². The molecule has 0 radical (unpaired) electrons. The maximum absolute atomic E-state index is 13.7. The summed E-state index contributed by atoms with van der Waals surface area (Å²) in [6.07, 6.45) is 8.47. The molecular weight excluding hydrogens is 572 g/mol. The summed E-state index contributed by atoms with van der Waals surface area (Å²) in [6, 6.07) is 7.54. The Labute approximate surface area is 265 Å². The largest absolute Gasteiger partial charge is 0.339 e. The molecule has 3 aliphatic rings. The molecule has 3 fully saturated rings. The van der Waals surface area contributed by atoms with Crippen molar-refractivity contribution in [2.45, 2.75) is 89.4 Å². The van der Waals surface area contributed by atoms with Gasteiger partial charge >= 0.3 is 6.03 Å². The average molecular weight is 621 g/mol. The molecule has 45 heavy (non-hydrogen) atoms. The molecule has 1 aromatic carbocycles. The van der Waals surface area contributed by atoms with Crippen LogP contribution in [-0.4, -0.2) is 94.7 Å². The Balaban J connectivity index is 1.27. The Bertz CT molecular complexity index is 1330. The van der Waals surface area contributed by atoms with Crippen molar-refractivity contribution in [2.75, 3.05) is 38.5 Å². The molecule has 0 bridgehead atoms. The van der Waals surface area contributed by atoms with Crippen LogP contribution in [0.15, 0.2) is 36.5 Å². The highest BCUT2D eigenvalue weighted by Crippen LogP contribution is 2.28. The molecule has 5 amide bonds. The van der Waals surface area contributed by atoms with Crippen molar-refractivity contribution in [3.05, 3.63) is 47.8 Å². The van der Waals surface area contributed by atoms with E-state index < -0.39 is 12.1 Å². The van der Waals surface area contributed by atoms with Crippen LogP contribution in [0.4, 0.5) is 10.5 Å². The zero-order chi connectivity index (χ0) is 31.9. The summed E-state index contributed by atoms with van der Waals surface area (Å²) in [4.78, 5) is 57.3. The molecule has 4 N–H and O–H groups in total. The molecule has 12 heteroatoms. The number of carbonyl (C=O) groups excluding carboxylic acids is 4. The molecule has 244 valence electrons. The number of hydrogen-bond acceptors (Lipinski definition) is 6. The minimum Gasteiger partial charge on any atom is -0.339 e. The zero-order valence-electron chi connectivity index (χ0n) is 26.8. The number of nitrogens with zero attached hydrogens (tertiary/aromatic N) is 4. The van der Waals surface area contributed by atoms with E-state index in [1.54, 1.807) is 16.9 Å². The van der Waals surface area contributed by atoms with E-state index in [9.17, 15) is 19.2 Å². The fraction of sp³-hybridized carbons (Fsp3) is 0.606. The van der Waals surface area contributed by atoms with Crippen LogP contribution in [0.3, 0.4) is 0 Å². The minimum atomic E-state index is -0.727. The Morgan fingerprint density at radius 2 is 1.60 bits per heavy atom. The topological polar surface area (TPSA) is 141 Å². The number of aromatic nitrogens is 2. The third-order valence-corrected chi connectivity index (χ3v) is 9.42. The predicted molar refractivity (Wildman–Crippen MR) is 172 cm³/mol. The van der Waals surface area contributed by atoms with Gasteiger partial charge in [0.05, 0.1) is 0 Å². The van der Waals surface area contributed by atoms with Gasteiger partial charge in [-0.2, -0.15) is 5.10 Å². The van der Waals surface area contributed by atoms with Gasteiger partial charge in [-0.3, -0.25) is 19.1 Å².